The predicted octanol–water partition coefficient (Wildman–Crippen LogP) is -2.76. The third kappa shape index (κ3) is 16.3. The van der Waals surface area contributed by atoms with Crippen LogP contribution < -0.4 is 27.4 Å². The molecule has 0 aromatic heterocycles. The highest BCUT2D eigenvalue weighted by Crippen LogP contribution is 2.07. The van der Waals surface area contributed by atoms with Crippen molar-refractivity contribution in [2.45, 2.75) is 75.5 Å². The molecule has 0 spiro atoms. The summed E-state index contributed by atoms with van der Waals surface area (Å²) in [6.07, 6.45) is 0.240. The molecule has 0 heterocycles. The number of ether oxygens (including phenoxy) is 3. The largest absolute Gasteiger partial charge is 0.481 e. The van der Waals surface area contributed by atoms with E-state index < -0.39 is 66.6 Å². The van der Waals surface area contributed by atoms with Crippen molar-refractivity contribution in [1.82, 2.24) is 16.0 Å². The summed E-state index contributed by atoms with van der Waals surface area (Å²) in [7, 11) is 2.29. The van der Waals surface area contributed by atoms with Crippen molar-refractivity contribution in [1.29, 1.82) is 0 Å². The molecular formula is C23H41N5O11. The SMILES string of the molecule is COC(=O)CCC(NC(=O)C(CCCCNC(=O)C(N)CCOCO)NC(=O)C(N)CCC(=O)O)C(=O)OC. The molecule has 0 bridgehead atoms. The molecule has 0 saturated carbocycles. The van der Waals surface area contributed by atoms with Gasteiger partial charge in [0.2, 0.25) is 17.7 Å². The van der Waals surface area contributed by atoms with Crippen molar-refractivity contribution in [2.75, 3.05) is 34.2 Å². The predicted molar refractivity (Wildman–Crippen MR) is 134 cm³/mol. The Morgan fingerprint density at radius 2 is 1.41 bits per heavy atom. The van der Waals surface area contributed by atoms with E-state index in [2.05, 4.69) is 25.4 Å². The number of rotatable bonds is 21. The molecule has 0 radical (unpaired) electrons. The lowest BCUT2D eigenvalue weighted by Crippen LogP contribution is -2.54. The van der Waals surface area contributed by atoms with Crippen molar-refractivity contribution in [3.63, 3.8) is 0 Å². The van der Waals surface area contributed by atoms with Gasteiger partial charge in [-0.2, -0.15) is 0 Å². The van der Waals surface area contributed by atoms with E-state index in [0.29, 0.717) is 12.8 Å². The summed E-state index contributed by atoms with van der Waals surface area (Å²) in [6.45, 7) is -0.143. The summed E-state index contributed by atoms with van der Waals surface area (Å²) in [5.41, 5.74) is 11.5. The topological polar surface area (TPSA) is 259 Å². The zero-order valence-electron chi connectivity index (χ0n) is 22.3. The second-order valence-corrected chi connectivity index (χ2v) is 8.52. The van der Waals surface area contributed by atoms with E-state index in [1.54, 1.807) is 0 Å². The van der Waals surface area contributed by atoms with Crippen molar-refractivity contribution in [2.24, 2.45) is 11.5 Å². The van der Waals surface area contributed by atoms with Gasteiger partial charge in [0.15, 0.2) is 0 Å². The molecule has 0 aromatic carbocycles. The first-order valence-electron chi connectivity index (χ1n) is 12.4. The van der Waals surface area contributed by atoms with Crippen LogP contribution in [0.15, 0.2) is 0 Å². The number of nitrogens with two attached hydrogens (primary N) is 2. The summed E-state index contributed by atoms with van der Waals surface area (Å²) in [5.74, 6) is -4.47. The van der Waals surface area contributed by atoms with E-state index in [4.69, 9.17) is 26.4 Å². The van der Waals surface area contributed by atoms with Gasteiger partial charge < -0.3 is 51.8 Å². The van der Waals surface area contributed by atoms with E-state index in [9.17, 15) is 28.8 Å². The number of aliphatic hydroxyl groups excluding tert-OH is 1. The maximum Gasteiger partial charge on any atom is 0.328 e. The van der Waals surface area contributed by atoms with Crippen molar-refractivity contribution >= 4 is 35.6 Å². The van der Waals surface area contributed by atoms with E-state index in [1.165, 1.54) is 7.11 Å². The van der Waals surface area contributed by atoms with Crippen LogP contribution >= 0.6 is 0 Å². The Labute approximate surface area is 226 Å². The Balaban J connectivity index is 5.16. The number of carbonyl (C=O) groups is 6. The minimum absolute atomic E-state index is 0.0837. The van der Waals surface area contributed by atoms with Gasteiger partial charge in [0.05, 0.1) is 32.9 Å². The smallest absolute Gasteiger partial charge is 0.328 e. The molecule has 39 heavy (non-hydrogen) atoms. The van der Waals surface area contributed by atoms with Crippen molar-refractivity contribution in [3.8, 4) is 0 Å². The van der Waals surface area contributed by atoms with Gasteiger partial charge in [-0.1, -0.05) is 0 Å². The standard InChI is InChI=1S/C23H41N5O11/c1-37-19(32)9-7-17(23(36)38-2)28-22(35)16(27-21(34)14(24)6-8-18(30)31)5-3-4-11-26-20(33)15(25)10-12-39-13-29/h14-17,29H,3-13,24-25H2,1-2H3,(H,26,33)(H,27,34)(H,28,35)(H,30,31). The van der Waals surface area contributed by atoms with Crippen LogP contribution in [0.4, 0.5) is 0 Å². The van der Waals surface area contributed by atoms with Crippen LogP contribution in [0.5, 0.6) is 0 Å². The van der Waals surface area contributed by atoms with Gasteiger partial charge in [-0.05, 0) is 38.5 Å². The summed E-state index contributed by atoms with van der Waals surface area (Å²) >= 11 is 0. The Hall–Kier alpha value is -3.34. The second-order valence-electron chi connectivity index (χ2n) is 8.52. The number of amides is 3. The zero-order valence-corrected chi connectivity index (χ0v) is 22.3. The number of nitrogens with one attached hydrogen (secondary N) is 3. The lowest BCUT2D eigenvalue weighted by Gasteiger charge is -2.23. The number of carbonyl (C=O) groups excluding carboxylic acids is 5. The maximum atomic E-state index is 13.0. The van der Waals surface area contributed by atoms with E-state index in [-0.39, 0.29) is 51.7 Å². The molecular weight excluding hydrogens is 522 g/mol. The van der Waals surface area contributed by atoms with Crippen LogP contribution in [-0.4, -0.2) is 104 Å². The number of aliphatic hydroxyl groups is 1. The molecule has 4 atom stereocenters. The highest BCUT2D eigenvalue weighted by Gasteiger charge is 2.29. The minimum atomic E-state index is -1.20. The Kier molecular flexibility index (Phi) is 18.8. The second kappa shape index (κ2) is 20.6. The molecule has 0 saturated heterocycles. The average Bonchev–Trinajstić information content (AvgIpc) is 2.91. The fourth-order valence-electron chi connectivity index (χ4n) is 3.21. The van der Waals surface area contributed by atoms with Crippen molar-refractivity contribution < 1.29 is 53.2 Å². The molecule has 0 fully saturated rings. The van der Waals surface area contributed by atoms with Gasteiger partial charge in [-0.15, -0.1) is 0 Å². The highest BCUT2D eigenvalue weighted by molar-refractivity contribution is 5.92. The number of carboxylic acids is 1. The fraction of sp³-hybridized carbons (Fsp3) is 0.739. The molecule has 9 N–H and O–H groups in total. The molecule has 0 aliphatic rings. The summed E-state index contributed by atoms with van der Waals surface area (Å²) < 4.78 is 14.0. The zero-order chi connectivity index (χ0) is 29.8. The van der Waals surface area contributed by atoms with Crippen LogP contribution in [0.3, 0.4) is 0 Å². The molecule has 0 aliphatic carbocycles. The van der Waals surface area contributed by atoms with Crippen LogP contribution in [0.25, 0.3) is 0 Å². The quantitative estimate of drug-likeness (QED) is 0.0425. The number of carboxylic acid groups (broad SMARTS) is 1. The molecule has 16 heteroatoms. The number of esters is 2. The first kappa shape index (κ1) is 35.7. The van der Waals surface area contributed by atoms with Gasteiger partial charge in [-0.25, -0.2) is 4.79 Å². The number of unbranched alkanes of at least 4 members (excludes halogenated alkanes) is 1. The summed E-state index contributed by atoms with van der Waals surface area (Å²) in [4.78, 5) is 71.9. The van der Waals surface area contributed by atoms with Crippen LogP contribution in [0, 0.1) is 0 Å². The molecule has 3 amide bonds. The first-order chi connectivity index (χ1) is 18.5. The molecule has 0 aromatic rings. The highest BCUT2D eigenvalue weighted by atomic mass is 16.6. The van der Waals surface area contributed by atoms with E-state index in [1.807, 2.05) is 0 Å². The fourth-order valence-corrected chi connectivity index (χ4v) is 3.21. The molecule has 0 aliphatic heterocycles. The molecule has 4 unspecified atom stereocenters. The van der Waals surface area contributed by atoms with Crippen LogP contribution in [0.2, 0.25) is 0 Å². The normalized spacial score (nSPS) is 13.8. The number of hydrogen-bond donors (Lipinski definition) is 7. The number of methoxy groups -OCH3 is 2. The summed E-state index contributed by atoms with van der Waals surface area (Å²) in [6, 6.07) is -4.38. The van der Waals surface area contributed by atoms with Gasteiger partial charge in [0.25, 0.3) is 0 Å². The van der Waals surface area contributed by atoms with Gasteiger partial charge in [0, 0.05) is 19.4 Å². The van der Waals surface area contributed by atoms with Gasteiger partial charge in [-0.3, -0.25) is 24.0 Å². The lowest BCUT2D eigenvalue weighted by molar-refractivity contribution is -0.146. The van der Waals surface area contributed by atoms with Crippen molar-refractivity contribution in [3.05, 3.63) is 0 Å². The minimum Gasteiger partial charge on any atom is -0.481 e. The Morgan fingerprint density at radius 3 is 2.00 bits per heavy atom. The summed E-state index contributed by atoms with van der Waals surface area (Å²) in [5, 5.41) is 25.0. The number of hydrogen-bond acceptors (Lipinski definition) is 12. The number of aliphatic carboxylic acids is 1. The lowest BCUT2D eigenvalue weighted by atomic mass is 10.1. The molecule has 0 rings (SSSR count). The molecule has 224 valence electrons. The third-order valence-corrected chi connectivity index (χ3v) is 5.53. The van der Waals surface area contributed by atoms with E-state index >= 15 is 0 Å². The van der Waals surface area contributed by atoms with Gasteiger partial charge >= 0.3 is 17.9 Å². The maximum absolute atomic E-state index is 13.0. The average molecular weight is 564 g/mol. The third-order valence-electron chi connectivity index (χ3n) is 5.53. The Morgan fingerprint density at radius 1 is 0.769 bits per heavy atom. The van der Waals surface area contributed by atoms with Crippen LogP contribution in [0.1, 0.15) is 51.4 Å². The monoisotopic (exact) mass is 563 g/mol. The first-order valence-corrected chi connectivity index (χ1v) is 12.4. The van der Waals surface area contributed by atoms with Crippen LogP contribution in [-0.2, 0) is 43.0 Å². The molecule has 16 nitrogen and oxygen atoms in total. The Bertz CT molecular complexity index is 811. The van der Waals surface area contributed by atoms with E-state index in [0.717, 1.165) is 7.11 Å². The van der Waals surface area contributed by atoms with Gasteiger partial charge in [0.1, 0.15) is 18.9 Å².